The molecule has 1 amide bonds. The van der Waals surface area contributed by atoms with Crippen molar-refractivity contribution in [2.45, 2.75) is 32.1 Å². The van der Waals surface area contributed by atoms with Gasteiger partial charge in [0.1, 0.15) is 0 Å². The van der Waals surface area contributed by atoms with Crippen LogP contribution in [0.2, 0.25) is 0 Å². The third-order valence-corrected chi connectivity index (χ3v) is 6.75. The summed E-state index contributed by atoms with van der Waals surface area (Å²) in [6, 6.07) is 11.2. The number of esters is 1. The van der Waals surface area contributed by atoms with E-state index in [2.05, 4.69) is 0 Å². The minimum Gasteiger partial charge on any atom is -0.493 e. The van der Waals surface area contributed by atoms with Gasteiger partial charge >= 0.3 is 12.1 Å². The molecule has 0 saturated carbocycles. The first kappa shape index (κ1) is 24.7. The van der Waals surface area contributed by atoms with E-state index in [1.54, 1.807) is 32.3 Å². The summed E-state index contributed by atoms with van der Waals surface area (Å²) in [6.45, 7) is 1.80. The fourth-order valence-electron chi connectivity index (χ4n) is 4.78. The van der Waals surface area contributed by atoms with Crippen LogP contribution in [0.25, 0.3) is 0 Å². The number of piperidine rings is 1. The van der Waals surface area contributed by atoms with E-state index in [1.807, 2.05) is 30.3 Å². The van der Waals surface area contributed by atoms with Gasteiger partial charge in [0, 0.05) is 19.0 Å². The molecule has 8 nitrogen and oxygen atoms in total. The SMILES string of the molecule is COc1ccc(C[C@H]2COC(=O)[C@@H]2Cc2ccc(OC(=O)N3CCCCC3)c(OC)c2)cc1OC. The second-order valence-electron chi connectivity index (χ2n) is 9.00. The molecule has 2 aliphatic rings. The van der Waals surface area contributed by atoms with E-state index in [4.69, 9.17) is 23.7 Å². The van der Waals surface area contributed by atoms with Crippen LogP contribution in [-0.2, 0) is 22.4 Å². The lowest BCUT2D eigenvalue weighted by Crippen LogP contribution is -2.37. The number of ether oxygens (including phenoxy) is 5. The highest BCUT2D eigenvalue weighted by Crippen LogP contribution is 2.35. The number of rotatable bonds is 8. The predicted octanol–water partition coefficient (Wildman–Crippen LogP) is 4.27. The minimum atomic E-state index is -0.356. The molecular formula is C27H33NO7. The molecule has 0 bridgehead atoms. The fourth-order valence-corrected chi connectivity index (χ4v) is 4.78. The first-order valence-electron chi connectivity index (χ1n) is 12.0. The molecule has 0 N–H and O–H groups in total. The van der Waals surface area contributed by atoms with Crippen molar-refractivity contribution >= 4 is 12.1 Å². The Hall–Kier alpha value is -3.42. The number of benzene rings is 2. The Morgan fingerprint density at radius 1 is 0.857 bits per heavy atom. The van der Waals surface area contributed by atoms with Gasteiger partial charge in [0.05, 0.1) is 33.9 Å². The number of methoxy groups -OCH3 is 3. The molecule has 2 aromatic rings. The number of hydrogen-bond acceptors (Lipinski definition) is 7. The number of likely N-dealkylation sites (tertiary alicyclic amines) is 1. The van der Waals surface area contributed by atoms with Crippen molar-refractivity contribution in [1.29, 1.82) is 0 Å². The van der Waals surface area contributed by atoms with E-state index in [0.29, 0.717) is 55.5 Å². The van der Waals surface area contributed by atoms with E-state index in [1.165, 1.54) is 0 Å². The Bertz CT molecular complexity index is 1050. The van der Waals surface area contributed by atoms with Crippen molar-refractivity contribution in [2.75, 3.05) is 41.0 Å². The summed E-state index contributed by atoms with van der Waals surface area (Å²) < 4.78 is 27.3. The molecule has 2 aliphatic heterocycles. The van der Waals surface area contributed by atoms with Gasteiger partial charge < -0.3 is 28.6 Å². The quantitative estimate of drug-likeness (QED) is 0.519. The summed E-state index contributed by atoms with van der Waals surface area (Å²) in [7, 11) is 4.75. The third kappa shape index (κ3) is 5.81. The number of nitrogens with zero attached hydrogens (tertiary/aromatic N) is 1. The zero-order valence-corrected chi connectivity index (χ0v) is 20.6. The highest BCUT2D eigenvalue weighted by atomic mass is 16.6. The predicted molar refractivity (Wildman–Crippen MR) is 129 cm³/mol. The Kier molecular flexibility index (Phi) is 8.00. The number of carbonyl (C=O) groups is 2. The molecule has 2 heterocycles. The lowest BCUT2D eigenvalue weighted by Gasteiger charge is -2.26. The summed E-state index contributed by atoms with van der Waals surface area (Å²) in [5.41, 5.74) is 1.97. The summed E-state index contributed by atoms with van der Waals surface area (Å²) in [5, 5.41) is 0. The van der Waals surface area contributed by atoms with Crippen molar-refractivity contribution < 1.29 is 33.3 Å². The van der Waals surface area contributed by atoms with Gasteiger partial charge in [0.25, 0.3) is 0 Å². The molecule has 2 saturated heterocycles. The van der Waals surface area contributed by atoms with E-state index in [-0.39, 0.29) is 23.9 Å². The maximum Gasteiger partial charge on any atom is 0.415 e. The second-order valence-corrected chi connectivity index (χ2v) is 9.00. The van der Waals surface area contributed by atoms with Crippen LogP contribution in [0.5, 0.6) is 23.0 Å². The summed E-state index contributed by atoms with van der Waals surface area (Å²) in [6.07, 6.45) is 3.95. The van der Waals surface area contributed by atoms with Gasteiger partial charge in [-0.1, -0.05) is 12.1 Å². The largest absolute Gasteiger partial charge is 0.493 e. The van der Waals surface area contributed by atoms with E-state index < -0.39 is 0 Å². The van der Waals surface area contributed by atoms with Crippen LogP contribution in [0.3, 0.4) is 0 Å². The van der Waals surface area contributed by atoms with Gasteiger partial charge in [-0.15, -0.1) is 0 Å². The standard InChI is InChI=1S/C27H33NO7/c1-31-22-9-7-18(15-24(22)32-2)13-20-17-34-26(29)21(20)14-19-8-10-23(25(16-19)33-3)35-27(30)28-11-5-4-6-12-28/h7-10,15-16,20-21H,4-6,11-14,17H2,1-3H3/t20-,21+/m0/s1. The number of amides is 1. The van der Waals surface area contributed by atoms with Crippen LogP contribution in [0, 0.1) is 11.8 Å². The van der Waals surface area contributed by atoms with Crippen LogP contribution < -0.4 is 18.9 Å². The van der Waals surface area contributed by atoms with Crippen LogP contribution in [-0.4, -0.2) is 58.0 Å². The fraction of sp³-hybridized carbons (Fsp3) is 0.481. The summed E-state index contributed by atoms with van der Waals surface area (Å²) >= 11 is 0. The van der Waals surface area contributed by atoms with Gasteiger partial charge in [0.15, 0.2) is 23.0 Å². The monoisotopic (exact) mass is 483 g/mol. The highest BCUT2D eigenvalue weighted by Gasteiger charge is 2.37. The number of cyclic esters (lactones) is 1. The van der Waals surface area contributed by atoms with Gasteiger partial charge in [-0.05, 0) is 67.5 Å². The average Bonchev–Trinajstić information content (AvgIpc) is 3.23. The van der Waals surface area contributed by atoms with Gasteiger partial charge in [-0.25, -0.2) is 4.79 Å². The van der Waals surface area contributed by atoms with E-state index >= 15 is 0 Å². The average molecular weight is 484 g/mol. The maximum atomic E-state index is 12.6. The molecule has 0 aromatic heterocycles. The van der Waals surface area contributed by atoms with Crippen molar-refractivity contribution in [3.8, 4) is 23.0 Å². The maximum absolute atomic E-state index is 12.6. The lowest BCUT2D eigenvalue weighted by molar-refractivity contribution is -0.141. The lowest BCUT2D eigenvalue weighted by atomic mass is 9.85. The number of hydrogen-bond donors (Lipinski definition) is 0. The molecule has 0 spiro atoms. The van der Waals surface area contributed by atoms with Crippen molar-refractivity contribution in [2.24, 2.45) is 11.8 Å². The molecular weight excluding hydrogens is 450 g/mol. The van der Waals surface area contributed by atoms with Gasteiger partial charge in [-0.3, -0.25) is 4.79 Å². The molecule has 35 heavy (non-hydrogen) atoms. The zero-order valence-electron chi connectivity index (χ0n) is 20.6. The van der Waals surface area contributed by atoms with Crippen LogP contribution in [0.15, 0.2) is 36.4 Å². The molecule has 2 fully saturated rings. The molecule has 0 radical (unpaired) electrons. The Balaban J connectivity index is 1.45. The second kappa shape index (κ2) is 11.3. The smallest absolute Gasteiger partial charge is 0.415 e. The first-order chi connectivity index (χ1) is 17.0. The van der Waals surface area contributed by atoms with Gasteiger partial charge in [-0.2, -0.15) is 0 Å². The molecule has 0 unspecified atom stereocenters. The van der Waals surface area contributed by atoms with Crippen LogP contribution in [0.1, 0.15) is 30.4 Å². The summed E-state index contributed by atoms with van der Waals surface area (Å²) in [5.74, 6) is 1.72. The summed E-state index contributed by atoms with van der Waals surface area (Å²) in [4.78, 5) is 26.8. The van der Waals surface area contributed by atoms with Crippen molar-refractivity contribution in [3.63, 3.8) is 0 Å². The molecule has 2 atom stereocenters. The number of carbonyl (C=O) groups excluding carboxylic acids is 2. The Morgan fingerprint density at radius 3 is 2.11 bits per heavy atom. The zero-order chi connectivity index (χ0) is 24.8. The molecule has 188 valence electrons. The normalized spacial score (nSPS) is 19.7. The molecule has 0 aliphatic carbocycles. The Labute approximate surface area is 206 Å². The highest BCUT2D eigenvalue weighted by molar-refractivity contribution is 5.75. The minimum absolute atomic E-state index is 0.0307. The van der Waals surface area contributed by atoms with Crippen LogP contribution >= 0.6 is 0 Å². The van der Waals surface area contributed by atoms with E-state index in [9.17, 15) is 9.59 Å². The molecule has 2 aromatic carbocycles. The molecule has 4 rings (SSSR count). The first-order valence-corrected chi connectivity index (χ1v) is 12.0. The van der Waals surface area contributed by atoms with Crippen molar-refractivity contribution in [3.05, 3.63) is 47.5 Å². The topological polar surface area (TPSA) is 83.5 Å². The third-order valence-electron chi connectivity index (χ3n) is 6.75. The van der Waals surface area contributed by atoms with E-state index in [0.717, 1.165) is 30.4 Å². The Morgan fingerprint density at radius 2 is 1.46 bits per heavy atom. The van der Waals surface area contributed by atoms with Gasteiger partial charge in [0.2, 0.25) is 0 Å². The molecule has 8 heteroatoms. The van der Waals surface area contributed by atoms with Crippen molar-refractivity contribution in [1.82, 2.24) is 4.90 Å². The van der Waals surface area contributed by atoms with Crippen LogP contribution in [0.4, 0.5) is 4.79 Å².